The van der Waals surface area contributed by atoms with Crippen LogP contribution in [-0.4, -0.2) is 23.5 Å². The number of nitriles is 1. The Hall–Kier alpha value is -2.98. The predicted octanol–water partition coefficient (Wildman–Crippen LogP) is 4.84. The van der Waals surface area contributed by atoms with Crippen LogP contribution in [0.15, 0.2) is 48.2 Å². The van der Waals surface area contributed by atoms with Crippen LogP contribution in [0.2, 0.25) is 0 Å². The molecule has 0 saturated heterocycles. The molecule has 3 rings (SSSR count). The van der Waals surface area contributed by atoms with Gasteiger partial charge in [-0.2, -0.15) is 18.4 Å². The summed E-state index contributed by atoms with van der Waals surface area (Å²) in [5, 5.41) is 20.2. The Morgan fingerprint density at radius 1 is 1.23 bits per heavy atom. The van der Waals surface area contributed by atoms with Crippen LogP contribution in [-0.2, 0) is 11.8 Å². The molecule has 2 aromatic rings. The molecular formula is C24H25F3N2O2. The largest absolute Gasteiger partial charge is 0.493 e. The SMILES string of the molecule is CC(C)(CC(O)(C/C(N)=C/c1ccccc1)C(F)(F)F)c1cc(C#N)cc2c1OCC2. The summed E-state index contributed by atoms with van der Waals surface area (Å²) in [5.41, 5.74) is 3.92. The van der Waals surface area contributed by atoms with E-state index in [1.807, 2.05) is 0 Å². The summed E-state index contributed by atoms with van der Waals surface area (Å²) in [6, 6.07) is 14.0. The topological polar surface area (TPSA) is 79.3 Å². The Labute approximate surface area is 179 Å². The molecule has 164 valence electrons. The molecule has 1 heterocycles. The lowest BCUT2D eigenvalue weighted by atomic mass is 9.72. The van der Waals surface area contributed by atoms with Crippen molar-refractivity contribution in [1.82, 2.24) is 0 Å². The van der Waals surface area contributed by atoms with Crippen LogP contribution in [0.5, 0.6) is 5.75 Å². The van der Waals surface area contributed by atoms with Crippen LogP contribution in [0.25, 0.3) is 6.08 Å². The first kappa shape index (κ1) is 22.7. The normalized spacial score (nSPS) is 16.2. The number of aliphatic hydroxyl groups is 1. The summed E-state index contributed by atoms with van der Waals surface area (Å²) in [5.74, 6) is 0.501. The molecule has 1 aliphatic heterocycles. The number of ether oxygens (including phenoxy) is 1. The Kier molecular flexibility index (Phi) is 6.06. The first-order chi connectivity index (χ1) is 14.4. The predicted molar refractivity (Wildman–Crippen MR) is 112 cm³/mol. The van der Waals surface area contributed by atoms with E-state index in [2.05, 4.69) is 6.07 Å². The summed E-state index contributed by atoms with van der Waals surface area (Å²) in [6.45, 7) is 3.63. The van der Waals surface area contributed by atoms with E-state index in [9.17, 15) is 23.5 Å². The second-order valence-corrected chi connectivity index (χ2v) is 8.62. The Bertz CT molecular complexity index is 1020. The maximum atomic E-state index is 14.1. The van der Waals surface area contributed by atoms with E-state index in [1.165, 1.54) is 6.08 Å². The van der Waals surface area contributed by atoms with E-state index < -0.39 is 30.0 Å². The lowest BCUT2D eigenvalue weighted by Gasteiger charge is -2.38. The van der Waals surface area contributed by atoms with E-state index in [0.29, 0.717) is 35.5 Å². The van der Waals surface area contributed by atoms with Crippen LogP contribution >= 0.6 is 0 Å². The number of rotatable bonds is 6. The second kappa shape index (κ2) is 8.27. The highest BCUT2D eigenvalue weighted by atomic mass is 19.4. The molecule has 4 nitrogen and oxygen atoms in total. The van der Waals surface area contributed by atoms with E-state index in [1.54, 1.807) is 56.3 Å². The molecule has 7 heteroatoms. The van der Waals surface area contributed by atoms with Gasteiger partial charge in [0.2, 0.25) is 0 Å². The summed E-state index contributed by atoms with van der Waals surface area (Å²) in [6.07, 6.45) is -4.30. The van der Waals surface area contributed by atoms with Crippen LogP contribution < -0.4 is 10.5 Å². The Morgan fingerprint density at radius 3 is 2.52 bits per heavy atom. The number of benzene rings is 2. The molecule has 1 atom stereocenters. The zero-order valence-corrected chi connectivity index (χ0v) is 17.5. The van der Waals surface area contributed by atoms with Gasteiger partial charge in [-0.1, -0.05) is 44.2 Å². The lowest BCUT2D eigenvalue weighted by Crippen LogP contribution is -2.50. The Morgan fingerprint density at radius 2 is 1.90 bits per heavy atom. The standard InChI is InChI=1S/C24H25F3N2O2/c1-22(2,20-12-17(14-28)10-18-8-9-31-21(18)20)15-23(30,24(25,26)27)13-19(29)11-16-6-4-3-5-7-16/h3-7,10-12,30H,8-9,13,15,29H2,1-2H3/b19-11-. The maximum Gasteiger partial charge on any atom is 0.417 e. The first-order valence-corrected chi connectivity index (χ1v) is 9.96. The molecule has 0 aliphatic carbocycles. The smallest absolute Gasteiger partial charge is 0.417 e. The van der Waals surface area contributed by atoms with E-state index in [-0.39, 0.29) is 5.70 Å². The van der Waals surface area contributed by atoms with E-state index in [0.717, 1.165) is 5.56 Å². The van der Waals surface area contributed by atoms with Crippen molar-refractivity contribution in [3.05, 3.63) is 70.4 Å². The lowest BCUT2D eigenvalue weighted by molar-refractivity contribution is -0.266. The van der Waals surface area contributed by atoms with Gasteiger partial charge in [-0.3, -0.25) is 0 Å². The number of fused-ring (bicyclic) bond motifs is 1. The third-order valence-electron chi connectivity index (χ3n) is 5.55. The van der Waals surface area contributed by atoms with Gasteiger partial charge in [-0.25, -0.2) is 0 Å². The van der Waals surface area contributed by atoms with Crippen LogP contribution in [0.1, 0.15) is 48.9 Å². The number of alkyl halides is 3. The van der Waals surface area contributed by atoms with Gasteiger partial charge < -0.3 is 15.6 Å². The molecule has 0 fully saturated rings. The van der Waals surface area contributed by atoms with Gasteiger partial charge in [0.15, 0.2) is 5.60 Å². The molecule has 1 aliphatic rings. The van der Waals surface area contributed by atoms with Crippen LogP contribution in [0.4, 0.5) is 13.2 Å². The quantitative estimate of drug-likeness (QED) is 0.687. The van der Waals surface area contributed by atoms with Crippen LogP contribution in [0, 0.1) is 11.3 Å². The minimum Gasteiger partial charge on any atom is -0.493 e. The fraction of sp³-hybridized carbons (Fsp3) is 0.375. The van der Waals surface area contributed by atoms with Crippen molar-refractivity contribution in [2.45, 2.75) is 50.3 Å². The van der Waals surface area contributed by atoms with E-state index >= 15 is 0 Å². The fourth-order valence-electron chi connectivity index (χ4n) is 4.12. The number of nitrogens with two attached hydrogens (primary N) is 1. The van der Waals surface area contributed by atoms with Crippen molar-refractivity contribution < 1.29 is 23.0 Å². The van der Waals surface area contributed by atoms with Crippen molar-refractivity contribution in [2.75, 3.05) is 6.61 Å². The summed E-state index contributed by atoms with van der Waals surface area (Å²) < 4.78 is 47.8. The highest BCUT2D eigenvalue weighted by molar-refractivity contribution is 5.54. The third kappa shape index (κ3) is 4.86. The molecular weight excluding hydrogens is 405 g/mol. The van der Waals surface area contributed by atoms with Crippen molar-refractivity contribution in [2.24, 2.45) is 5.73 Å². The average Bonchev–Trinajstić information content (AvgIpc) is 3.14. The van der Waals surface area contributed by atoms with E-state index in [4.69, 9.17) is 10.5 Å². The first-order valence-electron chi connectivity index (χ1n) is 9.96. The highest BCUT2D eigenvalue weighted by Gasteiger charge is 2.56. The molecule has 1 unspecified atom stereocenters. The molecule has 0 amide bonds. The van der Waals surface area contributed by atoms with Gasteiger partial charge in [-0.15, -0.1) is 0 Å². The van der Waals surface area contributed by atoms with Crippen molar-refractivity contribution in [3.63, 3.8) is 0 Å². The minimum atomic E-state index is -4.91. The zero-order chi connectivity index (χ0) is 22.9. The third-order valence-corrected chi connectivity index (χ3v) is 5.55. The molecule has 2 aromatic carbocycles. The average molecular weight is 430 g/mol. The molecule has 0 radical (unpaired) electrons. The van der Waals surface area contributed by atoms with Crippen LogP contribution in [0.3, 0.4) is 0 Å². The maximum absolute atomic E-state index is 14.1. The van der Waals surface area contributed by atoms with Gasteiger partial charge >= 0.3 is 6.18 Å². The molecule has 0 spiro atoms. The summed E-state index contributed by atoms with van der Waals surface area (Å²) >= 11 is 0. The number of hydrogen-bond acceptors (Lipinski definition) is 4. The molecule has 0 saturated carbocycles. The van der Waals surface area contributed by atoms with Crippen molar-refractivity contribution >= 4 is 6.08 Å². The number of nitrogens with zero attached hydrogens (tertiary/aromatic N) is 1. The van der Waals surface area contributed by atoms with Gasteiger partial charge in [0.05, 0.1) is 18.2 Å². The molecule has 31 heavy (non-hydrogen) atoms. The van der Waals surface area contributed by atoms with Gasteiger partial charge in [0.1, 0.15) is 5.75 Å². The van der Waals surface area contributed by atoms with Crippen molar-refractivity contribution in [1.29, 1.82) is 5.26 Å². The highest BCUT2D eigenvalue weighted by Crippen LogP contribution is 2.47. The molecule has 0 bridgehead atoms. The van der Waals surface area contributed by atoms with Gasteiger partial charge in [0, 0.05) is 24.1 Å². The molecule has 0 aromatic heterocycles. The second-order valence-electron chi connectivity index (χ2n) is 8.62. The summed E-state index contributed by atoms with van der Waals surface area (Å²) in [4.78, 5) is 0. The Balaban J connectivity index is 1.97. The van der Waals surface area contributed by atoms with Gasteiger partial charge in [0.25, 0.3) is 0 Å². The van der Waals surface area contributed by atoms with Gasteiger partial charge in [-0.05, 0) is 41.2 Å². The molecule has 3 N–H and O–H groups in total. The zero-order valence-electron chi connectivity index (χ0n) is 17.5. The fourth-order valence-corrected chi connectivity index (χ4v) is 4.12. The number of hydrogen-bond donors (Lipinski definition) is 2. The van der Waals surface area contributed by atoms with Crippen molar-refractivity contribution in [3.8, 4) is 11.8 Å². The summed E-state index contributed by atoms with van der Waals surface area (Å²) in [7, 11) is 0. The number of halogens is 3. The minimum absolute atomic E-state index is 0.0749. The monoisotopic (exact) mass is 430 g/mol.